The van der Waals surface area contributed by atoms with Crippen LogP contribution in [0.3, 0.4) is 0 Å². The monoisotopic (exact) mass is 262 g/mol. The van der Waals surface area contributed by atoms with E-state index in [0.29, 0.717) is 5.88 Å². The number of likely N-dealkylation sites (tertiary alicyclic amines) is 1. The Labute approximate surface area is 109 Å². The van der Waals surface area contributed by atoms with Crippen LogP contribution in [0.5, 0.6) is 0 Å². The Morgan fingerprint density at radius 1 is 1.41 bits per heavy atom. The summed E-state index contributed by atoms with van der Waals surface area (Å²) in [5, 5.41) is 2.92. The normalized spacial score (nSPS) is 19.1. The van der Waals surface area contributed by atoms with Crippen LogP contribution in [0.1, 0.15) is 33.6 Å². The summed E-state index contributed by atoms with van der Waals surface area (Å²) >= 11 is 5.70. The van der Waals surface area contributed by atoms with Crippen molar-refractivity contribution in [2.75, 3.05) is 25.5 Å². The van der Waals surface area contributed by atoms with E-state index < -0.39 is 5.60 Å². The largest absolute Gasteiger partial charge is 0.444 e. The Hall–Kier alpha value is -0.480. The zero-order valence-corrected chi connectivity index (χ0v) is 11.7. The van der Waals surface area contributed by atoms with Crippen LogP contribution in [0, 0.1) is 0 Å². The molecule has 1 aliphatic rings. The molecule has 100 valence electrons. The summed E-state index contributed by atoms with van der Waals surface area (Å²) in [4.78, 5) is 13.9. The van der Waals surface area contributed by atoms with Crippen LogP contribution in [-0.2, 0) is 4.74 Å². The second kappa shape index (κ2) is 6.45. The molecule has 0 aromatic heterocycles. The molecular weight excluding hydrogens is 240 g/mol. The quantitative estimate of drug-likeness (QED) is 0.793. The van der Waals surface area contributed by atoms with Crippen molar-refractivity contribution < 1.29 is 9.53 Å². The van der Waals surface area contributed by atoms with Gasteiger partial charge in [-0.05, 0) is 33.6 Å². The molecule has 1 aliphatic heterocycles. The van der Waals surface area contributed by atoms with Crippen LogP contribution in [0.25, 0.3) is 0 Å². The number of alkyl carbamates (subject to hydrolysis) is 1. The Bertz CT molecular complexity index is 245. The molecule has 1 N–H and O–H groups in total. The molecule has 0 aromatic rings. The highest BCUT2D eigenvalue weighted by atomic mass is 35.5. The number of hydrogen-bond donors (Lipinski definition) is 1. The van der Waals surface area contributed by atoms with E-state index in [2.05, 4.69) is 10.2 Å². The van der Waals surface area contributed by atoms with Crippen molar-refractivity contribution in [2.45, 2.75) is 45.3 Å². The van der Waals surface area contributed by atoms with Crippen molar-refractivity contribution in [2.24, 2.45) is 0 Å². The second-order valence-electron chi connectivity index (χ2n) is 5.45. The number of nitrogens with zero attached hydrogens (tertiary/aromatic N) is 1. The van der Waals surface area contributed by atoms with Crippen LogP contribution in [0.2, 0.25) is 0 Å². The number of carbonyl (C=O) groups is 1. The third-order valence-electron chi connectivity index (χ3n) is 2.71. The predicted molar refractivity (Wildman–Crippen MR) is 69.6 cm³/mol. The van der Waals surface area contributed by atoms with E-state index in [1.165, 1.54) is 0 Å². The summed E-state index contributed by atoms with van der Waals surface area (Å²) in [6.45, 7) is 8.53. The van der Waals surface area contributed by atoms with Crippen LogP contribution >= 0.6 is 11.6 Å². The number of amides is 1. The van der Waals surface area contributed by atoms with E-state index >= 15 is 0 Å². The molecule has 4 nitrogen and oxygen atoms in total. The van der Waals surface area contributed by atoms with Gasteiger partial charge in [0.15, 0.2) is 0 Å². The molecule has 0 spiro atoms. The van der Waals surface area contributed by atoms with Crippen LogP contribution in [0.15, 0.2) is 0 Å². The summed E-state index contributed by atoms with van der Waals surface area (Å²) in [5.74, 6) is 0.671. The van der Waals surface area contributed by atoms with Gasteiger partial charge >= 0.3 is 6.09 Å². The van der Waals surface area contributed by atoms with Crippen molar-refractivity contribution in [3.63, 3.8) is 0 Å². The zero-order valence-electron chi connectivity index (χ0n) is 11.0. The zero-order chi connectivity index (χ0) is 12.9. The smallest absolute Gasteiger partial charge is 0.407 e. The maximum atomic E-state index is 11.6. The van der Waals surface area contributed by atoms with Crippen molar-refractivity contribution in [1.82, 2.24) is 10.2 Å². The molecule has 0 bridgehead atoms. The number of ether oxygens (including phenoxy) is 1. The number of piperidine rings is 1. The van der Waals surface area contributed by atoms with Gasteiger partial charge in [0.1, 0.15) is 5.60 Å². The highest BCUT2D eigenvalue weighted by Gasteiger charge is 2.23. The minimum Gasteiger partial charge on any atom is -0.444 e. The number of halogens is 1. The fourth-order valence-corrected chi connectivity index (χ4v) is 2.13. The molecule has 1 amide bonds. The lowest BCUT2D eigenvalue weighted by molar-refractivity contribution is 0.0480. The topological polar surface area (TPSA) is 41.6 Å². The molecule has 1 saturated heterocycles. The highest BCUT2D eigenvalue weighted by Crippen LogP contribution is 2.12. The van der Waals surface area contributed by atoms with E-state index in [4.69, 9.17) is 16.3 Å². The fourth-order valence-electron chi connectivity index (χ4n) is 1.89. The van der Waals surface area contributed by atoms with Gasteiger partial charge in [-0.1, -0.05) is 0 Å². The summed E-state index contributed by atoms with van der Waals surface area (Å²) in [6, 6.07) is 0.233. The molecule has 17 heavy (non-hydrogen) atoms. The van der Waals surface area contributed by atoms with E-state index in [1.807, 2.05) is 20.8 Å². The first-order chi connectivity index (χ1) is 7.90. The van der Waals surface area contributed by atoms with E-state index in [-0.39, 0.29) is 12.1 Å². The van der Waals surface area contributed by atoms with Crippen molar-refractivity contribution in [1.29, 1.82) is 0 Å². The number of alkyl halides is 1. The summed E-state index contributed by atoms with van der Waals surface area (Å²) in [6.07, 6.45) is 1.63. The number of nitrogens with one attached hydrogen (secondary N) is 1. The first-order valence-electron chi connectivity index (χ1n) is 6.18. The lowest BCUT2D eigenvalue weighted by Gasteiger charge is -2.32. The van der Waals surface area contributed by atoms with Crippen molar-refractivity contribution in [3.8, 4) is 0 Å². The average molecular weight is 263 g/mol. The molecule has 0 unspecified atom stereocenters. The number of hydrogen-bond acceptors (Lipinski definition) is 3. The molecule has 1 rings (SSSR count). The molecule has 1 fully saturated rings. The molecule has 0 aromatic carbocycles. The van der Waals surface area contributed by atoms with Gasteiger partial charge in [-0.2, -0.15) is 0 Å². The molecule has 1 heterocycles. The predicted octanol–water partition coefficient (Wildman–Crippen LogP) is 2.21. The van der Waals surface area contributed by atoms with Gasteiger partial charge in [-0.3, -0.25) is 0 Å². The standard InChI is InChI=1S/C12H23ClN2O2/c1-12(2,3)17-11(16)14-10-4-7-15(8-5-10)9-6-13/h10H,4-9H2,1-3H3,(H,14,16). The first kappa shape index (κ1) is 14.6. The highest BCUT2D eigenvalue weighted by molar-refractivity contribution is 6.18. The lowest BCUT2D eigenvalue weighted by atomic mass is 10.1. The van der Waals surface area contributed by atoms with E-state index in [9.17, 15) is 4.79 Å². The van der Waals surface area contributed by atoms with Gasteiger partial charge in [0.25, 0.3) is 0 Å². The van der Waals surface area contributed by atoms with Gasteiger partial charge in [0, 0.05) is 31.6 Å². The number of rotatable bonds is 3. The van der Waals surface area contributed by atoms with Gasteiger partial charge in [-0.15, -0.1) is 11.6 Å². The summed E-state index contributed by atoms with van der Waals surface area (Å²) in [7, 11) is 0. The van der Waals surface area contributed by atoms with E-state index in [1.54, 1.807) is 0 Å². The average Bonchev–Trinajstić information content (AvgIpc) is 2.18. The Morgan fingerprint density at radius 3 is 2.47 bits per heavy atom. The Kier molecular flexibility index (Phi) is 5.53. The van der Waals surface area contributed by atoms with E-state index in [0.717, 1.165) is 32.5 Å². The summed E-state index contributed by atoms with van der Waals surface area (Å²) < 4.78 is 5.23. The lowest BCUT2D eigenvalue weighted by Crippen LogP contribution is -2.46. The third kappa shape index (κ3) is 6.13. The van der Waals surface area contributed by atoms with Crippen LogP contribution in [-0.4, -0.2) is 48.2 Å². The number of carbonyl (C=O) groups excluding carboxylic acids is 1. The SMILES string of the molecule is CC(C)(C)OC(=O)NC1CCN(CCCl)CC1. The van der Waals surface area contributed by atoms with Crippen LogP contribution in [0.4, 0.5) is 4.79 Å². The van der Waals surface area contributed by atoms with Crippen LogP contribution < -0.4 is 5.32 Å². The minimum atomic E-state index is -0.427. The van der Waals surface area contributed by atoms with Gasteiger partial charge < -0.3 is 15.0 Å². The van der Waals surface area contributed by atoms with Gasteiger partial charge in [0.2, 0.25) is 0 Å². The molecule has 0 aliphatic carbocycles. The minimum absolute atomic E-state index is 0.233. The fraction of sp³-hybridized carbons (Fsp3) is 0.917. The van der Waals surface area contributed by atoms with Crippen molar-refractivity contribution in [3.05, 3.63) is 0 Å². The molecule has 0 atom stereocenters. The summed E-state index contributed by atoms with van der Waals surface area (Å²) in [5.41, 5.74) is -0.427. The Balaban J connectivity index is 2.24. The second-order valence-corrected chi connectivity index (χ2v) is 5.83. The maximum Gasteiger partial charge on any atom is 0.407 e. The van der Waals surface area contributed by atoms with Crippen molar-refractivity contribution >= 4 is 17.7 Å². The van der Waals surface area contributed by atoms with Gasteiger partial charge in [0.05, 0.1) is 0 Å². The third-order valence-corrected chi connectivity index (χ3v) is 2.88. The molecular formula is C12H23ClN2O2. The Morgan fingerprint density at radius 2 is 2.00 bits per heavy atom. The maximum absolute atomic E-state index is 11.6. The molecule has 0 radical (unpaired) electrons. The molecule has 5 heteroatoms. The first-order valence-corrected chi connectivity index (χ1v) is 6.72. The molecule has 0 saturated carbocycles. The van der Waals surface area contributed by atoms with Gasteiger partial charge in [-0.25, -0.2) is 4.79 Å².